The van der Waals surface area contributed by atoms with Crippen LogP contribution >= 0.6 is 0 Å². The predicted molar refractivity (Wildman–Crippen MR) is 152 cm³/mol. The number of carbonyl (C=O) groups is 2. The second kappa shape index (κ2) is 14.3. The number of nitrogens with two attached hydrogens (primary N) is 1. The van der Waals surface area contributed by atoms with Crippen molar-refractivity contribution in [3.63, 3.8) is 0 Å². The van der Waals surface area contributed by atoms with E-state index in [1.54, 1.807) is 25.3 Å². The Kier molecular flexibility index (Phi) is 10.5. The van der Waals surface area contributed by atoms with E-state index in [4.69, 9.17) is 29.4 Å². The number of methoxy groups -OCH3 is 2. The molecular formula is C30H41N3O8. The van der Waals surface area contributed by atoms with Gasteiger partial charge in [-0.3, -0.25) is 14.5 Å². The quantitative estimate of drug-likeness (QED) is 0.329. The number of carbonyl (C=O) groups excluding carboxylic acids is 1. The van der Waals surface area contributed by atoms with Crippen molar-refractivity contribution in [1.29, 1.82) is 0 Å². The van der Waals surface area contributed by atoms with E-state index >= 15 is 0 Å². The average molecular weight is 572 g/mol. The van der Waals surface area contributed by atoms with Crippen LogP contribution in [-0.2, 0) is 9.59 Å². The summed E-state index contributed by atoms with van der Waals surface area (Å²) in [5.41, 5.74) is 6.47. The highest BCUT2D eigenvalue weighted by Gasteiger charge is 2.48. The van der Waals surface area contributed by atoms with Crippen molar-refractivity contribution in [2.24, 2.45) is 11.7 Å². The molecule has 2 aromatic carbocycles. The summed E-state index contributed by atoms with van der Waals surface area (Å²) in [5, 5.41) is 10.5. The van der Waals surface area contributed by atoms with Crippen LogP contribution in [0.15, 0.2) is 36.4 Å². The maximum Gasteiger partial charge on any atom is 0.308 e. The number of carboxylic acids is 1. The van der Waals surface area contributed by atoms with Gasteiger partial charge in [0.15, 0.2) is 23.0 Å². The molecule has 0 saturated carbocycles. The molecule has 2 aromatic rings. The van der Waals surface area contributed by atoms with E-state index in [0.29, 0.717) is 61.3 Å². The first kappa shape index (κ1) is 30.3. The number of hydrogen-bond donors (Lipinski definition) is 2. The highest BCUT2D eigenvalue weighted by Crippen LogP contribution is 2.47. The Hall–Kier alpha value is -3.70. The van der Waals surface area contributed by atoms with Gasteiger partial charge in [-0.05, 0) is 49.2 Å². The number of ether oxygens (including phenoxy) is 5. The number of unbranched alkanes of at least 4 members (excludes halogenated alkanes) is 1. The minimum Gasteiger partial charge on any atom is -0.493 e. The molecule has 11 nitrogen and oxygen atoms in total. The Morgan fingerprint density at radius 2 is 1.80 bits per heavy atom. The molecule has 1 amide bonds. The van der Waals surface area contributed by atoms with Gasteiger partial charge in [-0.25, -0.2) is 0 Å². The number of carboxylic acid groups (broad SMARTS) is 1. The van der Waals surface area contributed by atoms with Gasteiger partial charge in [0.05, 0.1) is 32.7 Å². The first-order chi connectivity index (χ1) is 19.9. The molecule has 0 radical (unpaired) electrons. The molecule has 0 unspecified atom stereocenters. The molecule has 3 atom stereocenters. The molecule has 224 valence electrons. The second-order valence-electron chi connectivity index (χ2n) is 10.3. The number of para-hydroxylation sites is 2. The van der Waals surface area contributed by atoms with Crippen molar-refractivity contribution in [2.45, 2.75) is 38.1 Å². The minimum absolute atomic E-state index is 0.0535. The van der Waals surface area contributed by atoms with E-state index in [1.807, 2.05) is 28.0 Å². The van der Waals surface area contributed by atoms with E-state index in [2.05, 4.69) is 6.92 Å². The number of amides is 1. The zero-order chi connectivity index (χ0) is 29.4. The van der Waals surface area contributed by atoms with Crippen LogP contribution in [0.1, 0.15) is 37.7 Å². The van der Waals surface area contributed by atoms with E-state index in [1.165, 1.54) is 7.11 Å². The summed E-state index contributed by atoms with van der Waals surface area (Å²) < 4.78 is 28.3. The van der Waals surface area contributed by atoms with Gasteiger partial charge in [0.2, 0.25) is 18.4 Å². The Balaban J connectivity index is 1.66. The highest BCUT2D eigenvalue weighted by atomic mass is 16.7. The maximum atomic E-state index is 13.6. The molecular weight excluding hydrogens is 530 g/mol. The molecule has 0 spiro atoms. The van der Waals surface area contributed by atoms with Gasteiger partial charge in [-0.15, -0.1) is 0 Å². The third-order valence-corrected chi connectivity index (χ3v) is 7.73. The van der Waals surface area contributed by atoms with Crippen molar-refractivity contribution in [2.75, 3.05) is 60.3 Å². The molecule has 41 heavy (non-hydrogen) atoms. The molecule has 1 fully saturated rings. The van der Waals surface area contributed by atoms with Gasteiger partial charge in [0.25, 0.3) is 0 Å². The third-order valence-electron chi connectivity index (χ3n) is 7.73. The number of nitrogens with zero attached hydrogens (tertiary/aromatic N) is 2. The molecule has 0 bridgehead atoms. The van der Waals surface area contributed by atoms with Crippen molar-refractivity contribution in [3.05, 3.63) is 42.0 Å². The van der Waals surface area contributed by atoms with Crippen LogP contribution in [0.5, 0.6) is 28.7 Å². The topological polar surface area (TPSA) is 133 Å². The Labute approximate surface area is 241 Å². The Morgan fingerprint density at radius 3 is 2.49 bits per heavy atom. The van der Waals surface area contributed by atoms with E-state index < -0.39 is 23.8 Å². The first-order valence-electron chi connectivity index (χ1n) is 14.1. The van der Waals surface area contributed by atoms with Crippen LogP contribution < -0.4 is 29.4 Å². The number of aliphatic carboxylic acids is 1. The number of fused-ring (bicyclic) bond motifs is 1. The lowest BCUT2D eigenvalue weighted by Gasteiger charge is -2.29. The normalized spacial score (nSPS) is 19.7. The third kappa shape index (κ3) is 6.97. The fourth-order valence-corrected chi connectivity index (χ4v) is 5.58. The predicted octanol–water partition coefficient (Wildman–Crippen LogP) is 2.96. The van der Waals surface area contributed by atoms with Crippen LogP contribution in [0.25, 0.3) is 0 Å². The molecule has 1 saturated heterocycles. The van der Waals surface area contributed by atoms with E-state index in [0.717, 1.165) is 18.4 Å². The number of rotatable bonds is 15. The zero-order valence-corrected chi connectivity index (χ0v) is 24.0. The summed E-state index contributed by atoms with van der Waals surface area (Å²) in [4.78, 5) is 30.2. The standard InChI is InChI=1S/C30H41N3O8/c1-4-5-12-32(13-8-11-31)27(34)17-33-16-21(20-14-25(38-3)29-26(15-20)40-19-41-29)28(30(35)36)22(33)18-39-24-10-7-6-9-23(24)37-2/h6-7,9-10,14-15,21-22,28H,4-5,8,11-13,16-19,31H2,1-3H3,(H,35,36)/t21-,22+,28-/m1/s1. The van der Waals surface area contributed by atoms with Crippen molar-refractivity contribution < 1.29 is 38.4 Å². The van der Waals surface area contributed by atoms with Crippen molar-refractivity contribution >= 4 is 11.9 Å². The molecule has 11 heteroatoms. The summed E-state index contributed by atoms with van der Waals surface area (Å²) >= 11 is 0. The number of benzene rings is 2. The first-order valence-corrected chi connectivity index (χ1v) is 14.1. The van der Waals surface area contributed by atoms with Crippen LogP contribution in [-0.4, -0.2) is 93.2 Å². The number of likely N-dealkylation sites (tertiary alicyclic amines) is 1. The Bertz CT molecular complexity index is 1180. The van der Waals surface area contributed by atoms with Gasteiger partial charge in [0.1, 0.15) is 6.61 Å². The highest BCUT2D eigenvalue weighted by molar-refractivity contribution is 5.79. The summed E-state index contributed by atoms with van der Waals surface area (Å²) in [6.07, 6.45) is 2.54. The molecule has 3 N–H and O–H groups in total. The smallest absolute Gasteiger partial charge is 0.308 e. The summed E-state index contributed by atoms with van der Waals surface area (Å²) in [7, 11) is 3.09. The van der Waals surface area contributed by atoms with E-state index in [9.17, 15) is 14.7 Å². The summed E-state index contributed by atoms with van der Waals surface area (Å²) in [6, 6.07) is 10.2. The Morgan fingerprint density at radius 1 is 1.07 bits per heavy atom. The minimum atomic E-state index is -0.971. The second-order valence-corrected chi connectivity index (χ2v) is 10.3. The molecule has 0 aromatic heterocycles. The van der Waals surface area contributed by atoms with Crippen LogP contribution in [0.3, 0.4) is 0 Å². The molecule has 2 aliphatic rings. The van der Waals surface area contributed by atoms with E-state index in [-0.39, 0.29) is 25.9 Å². The fraction of sp³-hybridized carbons (Fsp3) is 0.533. The molecule has 0 aliphatic carbocycles. The van der Waals surface area contributed by atoms with Gasteiger partial charge in [-0.2, -0.15) is 0 Å². The summed E-state index contributed by atoms with van der Waals surface area (Å²) in [6.45, 7) is 4.30. The van der Waals surface area contributed by atoms with Crippen LogP contribution in [0, 0.1) is 5.92 Å². The van der Waals surface area contributed by atoms with Gasteiger partial charge >= 0.3 is 5.97 Å². The van der Waals surface area contributed by atoms with Gasteiger partial charge < -0.3 is 39.4 Å². The average Bonchev–Trinajstić information content (AvgIpc) is 3.60. The lowest BCUT2D eigenvalue weighted by atomic mass is 9.85. The molecule has 2 aliphatic heterocycles. The van der Waals surface area contributed by atoms with Crippen LogP contribution in [0.2, 0.25) is 0 Å². The van der Waals surface area contributed by atoms with Crippen molar-refractivity contribution in [1.82, 2.24) is 9.80 Å². The molecule has 2 heterocycles. The maximum absolute atomic E-state index is 13.6. The molecule has 4 rings (SSSR count). The fourth-order valence-electron chi connectivity index (χ4n) is 5.58. The lowest BCUT2D eigenvalue weighted by molar-refractivity contribution is -0.144. The lowest BCUT2D eigenvalue weighted by Crippen LogP contribution is -2.47. The van der Waals surface area contributed by atoms with Gasteiger partial charge in [0, 0.05) is 25.6 Å². The summed E-state index contributed by atoms with van der Waals surface area (Å²) in [5.74, 6) is 0.184. The van der Waals surface area contributed by atoms with Crippen molar-refractivity contribution in [3.8, 4) is 28.7 Å². The number of hydrogen-bond acceptors (Lipinski definition) is 9. The van der Waals surface area contributed by atoms with Crippen LogP contribution in [0.4, 0.5) is 0 Å². The van der Waals surface area contributed by atoms with Gasteiger partial charge in [-0.1, -0.05) is 25.5 Å². The largest absolute Gasteiger partial charge is 0.493 e. The SMILES string of the molecule is CCCCN(CCCN)C(=O)CN1C[C@H](c2cc(OC)c3c(c2)OCO3)[C@@H](C(=O)O)[C@@H]1COc1ccccc1OC. The zero-order valence-electron chi connectivity index (χ0n) is 24.0. The monoisotopic (exact) mass is 571 g/mol.